The van der Waals surface area contributed by atoms with Crippen LogP contribution in [0.5, 0.6) is 5.75 Å². The first kappa shape index (κ1) is 24.5. The van der Waals surface area contributed by atoms with Gasteiger partial charge in [-0.05, 0) is 42.0 Å². The molecule has 0 bridgehead atoms. The second-order valence-corrected chi connectivity index (χ2v) is 9.08. The van der Waals surface area contributed by atoms with Crippen molar-refractivity contribution < 1.29 is 9.53 Å². The maximum absolute atomic E-state index is 13.1. The molecule has 5 aromatic rings. The zero-order chi connectivity index (χ0) is 25.6. The number of fused-ring (bicyclic) bond motifs is 1. The lowest BCUT2D eigenvalue weighted by molar-refractivity contribution is 0.0956. The van der Waals surface area contributed by atoms with Gasteiger partial charge in [-0.2, -0.15) is 5.10 Å². The van der Waals surface area contributed by atoms with E-state index in [9.17, 15) is 4.79 Å². The van der Waals surface area contributed by atoms with Gasteiger partial charge >= 0.3 is 0 Å². The van der Waals surface area contributed by atoms with Crippen LogP contribution < -0.4 is 10.2 Å². The van der Waals surface area contributed by atoms with Crippen molar-refractivity contribution in [3.63, 3.8) is 0 Å². The molecule has 37 heavy (non-hydrogen) atoms. The number of hydrogen-bond donors (Lipinski definition) is 1. The molecule has 1 aromatic heterocycles. The smallest absolute Gasteiger partial charge is 0.272 e. The van der Waals surface area contributed by atoms with Crippen molar-refractivity contribution in [1.82, 2.24) is 10.4 Å². The molecule has 1 heterocycles. The summed E-state index contributed by atoms with van der Waals surface area (Å²) in [7, 11) is 0. The normalized spacial score (nSPS) is 11.1. The molecule has 4 aromatic carbocycles. The molecule has 7 heteroatoms. The maximum atomic E-state index is 13.1. The summed E-state index contributed by atoms with van der Waals surface area (Å²) in [5.74, 6) is 0.325. The molecule has 0 saturated carbocycles. The number of carbonyl (C=O) groups excluding carboxylic acids is 1. The number of aromatic nitrogens is 1. The third-order valence-electron chi connectivity index (χ3n) is 5.68. The summed E-state index contributed by atoms with van der Waals surface area (Å²) in [6.45, 7) is 0.298. The summed E-state index contributed by atoms with van der Waals surface area (Å²) >= 11 is 12.2. The molecule has 0 fully saturated rings. The molecule has 0 atom stereocenters. The fourth-order valence-corrected chi connectivity index (χ4v) is 4.29. The molecular weight excluding hydrogens is 505 g/mol. The Morgan fingerprint density at radius 1 is 0.892 bits per heavy atom. The molecule has 0 aliphatic carbocycles. The van der Waals surface area contributed by atoms with Crippen LogP contribution in [-0.2, 0) is 6.61 Å². The van der Waals surface area contributed by atoms with Gasteiger partial charge in [0.25, 0.3) is 5.91 Å². The van der Waals surface area contributed by atoms with Crippen LogP contribution in [0.25, 0.3) is 22.2 Å². The van der Waals surface area contributed by atoms with Crippen molar-refractivity contribution >= 4 is 46.2 Å². The molecule has 182 valence electrons. The van der Waals surface area contributed by atoms with Crippen molar-refractivity contribution in [2.75, 3.05) is 0 Å². The first-order valence-electron chi connectivity index (χ1n) is 11.5. The predicted molar refractivity (Wildman–Crippen MR) is 149 cm³/mol. The van der Waals surface area contributed by atoms with E-state index in [1.54, 1.807) is 24.4 Å². The van der Waals surface area contributed by atoms with Gasteiger partial charge in [0.15, 0.2) is 0 Å². The van der Waals surface area contributed by atoms with Gasteiger partial charge in [0.2, 0.25) is 0 Å². The summed E-state index contributed by atoms with van der Waals surface area (Å²) in [5.41, 5.74) is 7.13. The number of hydrogen-bond acceptors (Lipinski definition) is 4. The molecule has 0 radical (unpaired) electrons. The van der Waals surface area contributed by atoms with Crippen molar-refractivity contribution in [1.29, 1.82) is 0 Å². The monoisotopic (exact) mass is 525 g/mol. The second-order valence-electron chi connectivity index (χ2n) is 8.23. The van der Waals surface area contributed by atoms with Gasteiger partial charge in [0.05, 0.1) is 23.0 Å². The summed E-state index contributed by atoms with van der Waals surface area (Å²) in [4.78, 5) is 17.8. The molecule has 5 nitrogen and oxygen atoms in total. The van der Waals surface area contributed by atoms with Crippen LogP contribution in [0, 0.1) is 0 Å². The highest BCUT2D eigenvalue weighted by Gasteiger charge is 2.13. The molecule has 0 spiro atoms. The SMILES string of the molecule is O=C(N/N=C\c1cccc(OCc2ccc(Cl)cc2Cl)c1)c1cc(-c2ccccc2)nc2ccccc12. The Morgan fingerprint density at radius 3 is 2.54 bits per heavy atom. The van der Waals surface area contributed by atoms with E-state index in [-0.39, 0.29) is 5.91 Å². The molecule has 0 aliphatic heterocycles. The zero-order valence-electron chi connectivity index (χ0n) is 19.6. The largest absolute Gasteiger partial charge is 0.489 e. The Hall–Kier alpha value is -4.19. The summed E-state index contributed by atoms with van der Waals surface area (Å²) in [6, 6.07) is 31.8. The number of halogens is 2. The topological polar surface area (TPSA) is 63.6 Å². The maximum Gasteiger partial charge on any atom is 0.272 e. The molecular formula is C30H21Cl2N3O2. The number of amides is 1. The highest BCUT2D eigenvalue weighted by atomic mass is 35.5. The molecule has 0 saturated heterocycles. The van der Waals surface area contributed by atoms with Crippen LogP contribution in [-0.4, -0.2) is 17.1 Å². The van der Waals surface area contributed by atoms with Gasteiger partial charge in [-0.1, -0.05) is 89.9 Å². The van der Waals surface area contributed by atoms with Crippen LogP contribution in [0.3, 0.4) is 0 Å². The number of nitrogens with one attached hydrogen (secondary N) is 1. The fraction of sp³-hybridized carbons (Fsp3) is 0.0333. The van der Waals surface area contributed by atoms with E-state index in [2.05, 4.69) is 10.5 Å². The van der Waals surface area contributed by atoms with Crippen molar-refractivity contribution in [2.45, 2.75) is 6.61 Å². The highest BCUT2D eigenvalue weighted by molar-refractivity contribution is 6.35. The second kappa shape index (κ2) is 11.2. The summed E-state index contributed by atoms with van der Waals surface area (Å²) in [6.07, 6.45) is 1.57. The molecule has 5 rings (SSSR count). The van der Waals surface area contributed by atoms with Crippen molar-refractivity contribution in [3.05, 3.63) is 130 Å². The number of rotatable bonds is 7. The van der Waals surface area contributed by atoms with E-state index in [4.69, 9.17) is 32.9 Å². The van der Waals surface area contributed by atoms with E-state index in [1.807, 2.05) is 84.9 Å². The Kier molecular flexibility index (Phi) is 7.45. The van der Waals surface area contributed by atoms with E-state index in [1.165, 1.54) is 0 Å². The van der Waals surface area contributed by atoms with Gasteiger partial charge in [0.1, 0.15) is 12.4 Å². The highest BCUT2D eigenvalue weighted by Crippen LogP contribution is 2.25. The van der Waals surface area contributed by atoms with Gasteiger partial charge in [0, 0.05) is 26.6 Å². The van der Waals surface area contributed by atoms with Crippen LogP contribution in [0.4, 0.5) is 0 Å². The van der Waals surface area contributed by atoms with Crippen LogP contribution >= 0.6 is 23.2 Å². The number of benzene rings is 4. The number of pyridine rings is 1. The number of hydrazone groups is 1. The molecule has 0 aliphatic rings. The first-order valence-corrected chi connectivity index (χ1v) is 12.3. The van der Waals surface area contributed by atoms with Crippen LogP contribution in [0.1, 0.15) is 21.5 Å². The standard InChI is InChI=1S/C30H21Cl2N3O2/c31-23-14-13-22(27(32)16-23)19-37-24-10-6-7-20(15-24)18-33-35-30(36)26-17-29(21-8-2-1-3-9-21)34-28-12-5-4-11-25(26)28/h1-18H,19H2,(H,35,36)/b33-18-. The van der Waals surface area contributed by atoms with E-state index in [0.717, 1.165) is 33.3 Å². The lowest BCUT2D eigenvalue weighted by atomic mass is 10.0. The average molecular weight is 526 g/mol. The Morgan fingerprint density at radius 2 is 1.70 bits per heavy atom. The fourth-order valence-electron chi connectivity index (χ4n) is 3.83. The van der Waals surface area contributed by atoms with Crippen molar-refractivity contribution in [2.24, 2.45) is 5.10 Å². The first-order chi connectivity index (χ1) is 18.1. The molecule has 1 amide bonds. The van der Waals surface area contributed by atoms with E-state index >= 15 is 0 Å². The minimum absolute atomic E-state index is 0.298. The number of nitrogens with zero attached hydrogens (tertiary/aromatic N) is 2. The predicted octanol–water partition coefficient (Wildman–Crippen LogP) is 7.55. The van der Waals surface area contributed by atoms with Gasteiger partial charge < -0.3 is 4.74 Å². The van der Waals surface area contributed by atoms with Crippen molar-refractivity contribution in [3.8, 4) is 17.0 Å². The Balaban J connectivity index is 1.31. The van der Waals surface area contributed by atoms with Gasteiger partial charge in [-0.15, -0.1) is 0 Å². The number of para-hydroxylation sites is 1. The summed E-state index contributed by atoms with van der Waals surface area (Å²) in [5, 5.41) is 6.05. The minimum atomic E-state index is -0.322. The molecule has 1 N–H and O–H groups in total. The number of carbonyl (C=O) groups is 1. The van der Waals surface area contributed by atoms with E-state index in [0.29, 0.717) is 28.0 Å². The third-order valence-corrected chi connectivity index (χ3v) is 6.26. The Bertz CT molecular complexity index is 1600. The minimum Gasteiger partial charge on any atom is -0.489 e. The molecule has 0 unspecified atom stereocenters. The van der Waals surface area contributed by atoms with Crippen LogP contribution in [0.2, 0.25) is 10.0 Å². The number of ether oxygens (including phenoxy) is 1. The summed E-state index contributed by atoms with van der Waals surface area (Å²) < 4.78 is 5.87. The third kappa shape index (κ3) is 5.97. The lowest BCUT2D eigenvalue weighted by Gasteiger charge is -2.09. The van der Waals surface area contributed by atoms with Gasteiger partial charge in [-0.25, -0.2) is 10.4 Å². The quantitative estimate of drug-likeness (QED) is 0.176. The van der Waals surface area contributed by atoms with E-state index < -0.39 is 0 Å². The van der Waals surface area contributed by atoms with Crippen LogP contribution in [0.15, 0.2) is 108 Å². The average Bonchev–Trinajstić information content (AvgIpc) is 2.92. The zero-order valence-corrected chi connectivity index (χ0v) is 21.1. The van der Waals surface area contributed by atoms with Gasteiger partial charge in [-0.3, -0.25) is 4.79 Å². The lowest BCUT2D eigenvalue weighted by Crippen LogP contribution is -2.18. The Labute approximate surface area is 224 Å².